The van der Waals surface area contributed by atoms with Gasteiger partial charge >= 0.3 is 0 Å². The molecule has 1 amide bonds. The number of carbonyl (C=O) groups is 1. The van der Waals surface area contributed by atoms with Crippen molar-refractivity contribution in [1.29, 1.82) is 0 Å². The second-order valence-corrected chi connectivity index (χ2v) is 5.03. The molecule has 6 heteroatoms. The first-order valence-corrected chi connectivity index (χ1v) is 6.76. The Morgan fingerprint density at radius 1 is 1.43 bits per heavy atom. The fourth-order valence-corrected chi connectivity index (χ4v) is 2.27. The van der Waals surface area contributed by atoms with E-state index in [0.717, 1.165) is 5.39 Å². The second kappa shape index (κ2) is 5.05. The van der Waals surface area contributed by atoms with Gasteiger partial charge in [0.05, 0.1) is 23.4 Å². The van der Waals surface area contributed by atoms with Crippen molar-refractivity contribution in [2.75, 3.05) is 7.05 Å². The van der Waals surface area contributed by atoms with Gasteiger partial charge in [0.15, 0.2) is 11.4 Å². The summed E-state index contributed by atoms with van der Waals surface area (Å²) in [5, 5.41) is 7.72. The van der Waals surface area contributed by atoms with E-state index in [0.29, 0.717) is 22.7 Å². The van der Waals surface area contributed by atoms with E-state index in [9.17, 15) is 4.79 Å². The molecular formula is C15H16N4O2. The Morgan fingerprint density at radius 2 is 2.24 bits per heavy atom. The van der Waals surface area contributed by atoms with Crippen LogP contribution in [0.3, 0.4) is 0 Å². The number of pyridine rings is 1. The van der Waals surface area contributed by atoms with Crippen molar-refractivity contribution >= 4 is 16.9 Å². The minimum Gasteiger partial charge on any atom is -0.463 e. The van der Waals surface area contributed by atoms with E-state index in [1.165, 1.54) is 0 Å². The Morgan fingerprint density at radius 3 is 2.86 bits per heavy atom. The summed E-state index contributed by atoms with van der Waals surface area (Å²) in [7, 11) is 1.61. The number of hydrogen-bond donors (Lipinski definition) is 1. The van der Waals surface area contributed by atoms with Gasteiger partial charge in [0.1, 0.15) is 5.69 Å². The Kier molecular flexibility index (Phi) is 3.21. The fourth-order valence-electron chi connectivity index (χ4n) is 2.27. The molecule has 0 saturated heterocycles. The largest absolute Gasteiger partial charge is 0.463 e. The molecule has 3 rings (SSSR count). The van der Waals surface area contributed by atoms with Gasteiger partial charge in [-0.3, -0.25) is 4.79 Å². The van der Waals surface area contributed by atoms with Crippen LogP contribution >= 0.6 is 0 Å². The molecule has 0 spiro atoms. The SMILES string of the molecule is CNC(=O)c1cc(-c2ccco2)nc2c1cnn2C(C)C. The number of rotatable bonds is 3. The van der Waals surface area contributed by atoms with Gasteiger partial charge in [-0.05, 0) is 32.0 Å². The predicted octanol–water partition coefficient (Wildman–Crippen LogP) is 2.63. The number of fused-ring (bicyclic) bond motifs is 1. The third kappa shape index (κ3) is 2.18. The molecule has 0 aliphatic heterocycles. The summed E-state index contributed by atoms with van der Waals surface area (Å²) >= 11 is 0. The lowest BCUT2D eigenvalue weighted by Gasteiger charge is -2.09. The van der Waals surface area contributed by atoms with Crippen LogP contribution in [0, 0.1) is 0 Å². The van der Waals surface area contributed by atoms with Gasteiger partial charge in [-0.15, -0.1) is 0 Å². The normalized spacial score (nSPS) is 11.2. The lowest BCUT2D eigenvalue weighted by atomic mass is 10.1. The number of carbonyl (C=O) groups excluding carboxylic acids is 1. The molecule has 21 heavy (non-hydrogen) atoms. The summed E-state index contributed by atoms with van der Waals surface area (Å²) in [6.07, 6.45) is 3.26. The van der Waals surface area contributed by atoms with E-state index in [-0.39, 0.29) is 11.9 Å². The molecular weight excluding hydrogens is 268 g/mol. The number of amides is 1. The topological polar surface area (TPSA) is 73.0 Å². The van der Waals surface area contributed by atoms with Crippen molar-refractivity contribution in [3.63, 3.8) is 0 Å². The van der Waals surface area contributed by atoms with Gasteiger partial charge in [-0.1, -0.05) is 0 Å². The van der Waals surface area contributed by atoms with E-state index < -0.39 is 0 Å². The first-order valence-electron chi connectivity index (χ1n) is 6.76. The second-order valence-electron chi connectivity index (χ2n) is 5.03. The molecule has 0 atom stereocenters. The summed E-state index contributed by atoms with van der Waals surface area (Å²) in [6.45, 7) is 4.04. The highest BCUT2D eigenvalue weighted by Gasteiger charge is 2.18. The lowest BCUT2D eigenvalue weighted by molar-refractivity contribution is 0.0964. The van der Waals surface area contributed by atoms with Crippen LogP contribution in [0.5, 0.6) is 0 Å². The van der Waals surface area contributed by atoms with E-state index >= 15 is 0 Å². The number of furan rings is 1. The molecule has 3 aromatic rings. The number of nitrogens with one attached hydrogen (secondary N) is 1. The van der Waals surface area contributed by atoms with Crippen LogP contribution in [0.15, 0.2) is 35.1 Å². The van der Waals surface area contributed by atoms with E-state index in [2.05, 4.69) is 15.4 Å². The summed E-state index contributed by atoms with van der Waals surface area (Å²) < 4.78 is 7.19. The summed E-state index contributed by atoms with van der Waals surface area (Å²) in [5.41, 5.74) is 1.84. The smallest absolute Gasteiger partial charge is 0.251 e. The third-order valence-electron chi connectivity index (χ3n) is 3.30. The molecule has 1 N–H and O–H groups in total. The highest BCUT2D eigenvalue weighted by Crippen LogP contribution is 2.26. The maximum absolute atomic E-state index is 12.1. The third-order valence-corrected chi connectivity index (χ3v) is 3.30. The molecule has 0 aromatic carbocycles. The molecule has 6 nitrogen and oxygen atoms in total. The monoisotopic (exact) mass is 284 g/mol. The van der Waals surface area contributed by atoms with Gasteiger partial charge in [-0.2, -0.15) is 5.10 Å². The molecule has 108 valence electrons. The Labute approximate surface area is 121 Å². The zero-order chi connectivity index (χ0) is 15.0. The van der Waals surface area contributed by atoms with Gasteiger partial charge in [0, 0.05) is 13.1 Å². The standard InChI is InChI=1S/C15H16N4O2/c1-9(2)19-14-11(8-17-19)10(15(20)16-3)7-12(18-14)13-5-4-6-21-13/h4-9H,1-3H3,(H,16,20). The summed E-state index contributed by atoms with van der Waals surface area (Å²) in [4.78, 5) is 16.7. The molecule has 0 aliphatic carbocycles. The van der Waals surface area contributed by atoms with Crippen LogP contribution in [-0.4, -0.2) is 27.7 Å². The summed E-state index contributed by atoms with van der Waals surface area (Å²) in [5.74, 6) is 0.456. The van der Waals surface area contributed by atoms with E-state index in [4.69, 9.17) is 4.42 Å². The average molecular weight is 284 g/mol. The van der Waals surface area contributed by atoms with Crippen LogP contribution in [-0.2, 0) is 0 Å². The molecule has 0 bridgehead atoms. The Bertz CT molecular complexity index is 787. The van der Waals surface area contributed by atoms with Crippen LogP contribution in [0.4, 0.5) is 0 Å². The predicted molar refractivity (Wildman–Crippen MR) is 79.0 cm³/mol. The van der Waals surface area contributed by atoms with Crippen molar-refractivity contribution in [3.05, 3.63) is 36.2 Å². The van der Waals surface area contributed by atoms with Gasteiger partial charge in [0.2, 0.25) is 0 Å². The molecule has 0 radical (unpaired) electrons. The maximum atomic E-state index is 12.1. The van der Waals surface area contributed by atoms with Crippen LogP contribution in [0.2, 0.25) is 0 Å². The average Bonchev–Trinajstić information content (AvgIpc) is 3.13. The minimum absolute atomic E-state index is 0.152. The van der Waals surface area contributed by atoms with Gasteiger partial charge in [-0.25, -0.2) is 9.67 Å². The number of hydrogen-bond acceptors (Lipinski definition) is 4. The lowest BCUT2D eigenvalue weighted by Crippen LogP contribution is -2.18. The molecule has 0 unspecified atom stereocenters. The highest BCUT2D eigenvalue weighted by atomic mass is 16.3. The minimum atomic E-state index is -0.168. The Balaban J connectivity index is 2.31. The van der Waals surface area contributed by atoms with Crippen LogP contribution < -0.4 is 5.32 Å². The number of nitrogens with zero attached hydrogens (tertiary/aromatic N) is 3. The highest BCUT2D eigenvalue weighted by molar-refractivity contribution is 6.06. The first kappa shape index (κ1) is 13.4. The van der Waals surface area contributed by atoms with Gasteiger partial charge < -0.3 is 9.73 Å². The number of aromatic nitrogens is 3. The van der Waals surface area contributed by atoms with E-state index in [1.807, 2.05) is 19.9 Å². The first-order chi connectivity index (χ1) is 10.1. The zero-order valence-corrected chi connectivity index (χ0v) is 12.1. The molecule has 0 aliphatic rings. The van der Waals surface area contributed by atoms with Crippen LogP contribution in [0.25, 0.3) is 22.5 Å². The van der Waals surface area contributed by atoms with Crippen molar-refractivity contribution in [2.45, 2.75) is 19.9 Å². The molecule has 3 aromatic heterocycles. The quantitative estimate of drug-likeness (QED) is 0.802. The van der Waals surface area contributed by atoms with Crippen LogP contribution in [0.1, 0.15) is 30.2 Å². The van der Waals surface area contributed by atoms with Crippen molar-refractivity contribution < 1.29 is 9.21 Å². The maximum Gasteiger partial charge on any atom is 0.251 e. The van der Waals surface area contributed by atoms with E-state index in [1.54, 1.807) is 36.3 Å². The zero-order valence-electron chi connectivity index (χ0n) is 12.1. The molecule has 3 heterocycles. The van der Waals surface area contributed by atoms with Gasteiger partial charge in [0.25, 0.3) is 5.91 Å². The van der Waals surface area contributed by atoms with Crippen molar-refractivity contribution in [2.24, 2.45) is 0 Å². The van der Waals surface area contributed by atoms with Crippen molar-refractivity contribution in [3.8, 4) is 11.5 Å². The Hall–Kier alpha value is -2.63. The molecule has 0 fully saturated rings. The molecule has 0 saturated carbocycles. The summed E-state index contributed by atoms with van der Waals surface area (Å²) in [6, 6.07) is 5.49. The fraction of sp³-hybridized carbons (Fsp3) is 0.267. The van der Waals surface area contributed by atoms with Crippen molar-refractivity contribution in [1.82, 2.24) is 20.1 Å².